The number of carbonyl (C=O) groups excluding carboxylic acids is 1. The molecule has 1 aromatic heterocycles. The summed E-state index contributed by atoms with van der Waals surface area (Å²) in [6.07, 6.45) is 0.165. The number of nitrogens with one attached hydrogen (secondary N) is 2. The number of ether oxygens (including phenoxy) is 2. The number of aromatic nitrogens is 1. The van der Waals surface area contributed by atoms with Gasteiger partial charge in [-0.15, -0.1) is 11.8 Å². The van der Waals surface area contributed by atoms with Crippen molar-refractivity contribution in [2.45, 2.75) is 43.6 Å². The highest BCUT2D eigenvalue weighted by Gasteiger charge is 2.38. The number of benzene rings is 3. The Kier molecular flexibility index (Phi) is 10.1. The standard InChI is InChI=1S/C33H33N3O6S/c1-21-28(20-43-30-27(31(38)39)11-6-16-34-30)41-32(42-29(21)24-14-12-23(19-37)13-15-24)25-9-5-10-26(17-25)36-33(40)35-18-22-7-3-2-4-8-22/h2-17,21,28-29,32,37H,18-20H2,1H3,(H,38,39)(H2,35,36,40)/t21-,28+,29+,32+/m1/s1. The smallest absolute Gasteiger partial charge is 0.338 e. The highest BCUT2D eigenvalue weighted by Crippen LogP contribution is 2.43. The first-order chi connectivity index (χ1) is 20.9. The lowest BCUT2D eigenvalue weighted by atomic mass is 9.91. The molecule has 0 saturated carbocycles. The molecule has 0 spiro atoms. The van der Waals surface area contributed by atoms with Gasteiger partial charge in [0.1, 0.15) is 5.03 Å². The van der Waals surface area contributed by atoms with Crippen LogP contribution in [-0.4, -0.2) is 39.1 Å². The third-order valence-electron chi connectivity index (χ3n) is 7.22. The Labute approximate surface area is 254 Å². The monoisotopic (exact) mass is 599 g/mol. The molecule has 43 heavy (non-hydrogen) atoms. The molecule has 2 heterocycles. The first-order valence-electron chi connectivity index (χ1n) is 13.9. The van der Waals surface area contributed by atoms with Crippen molar-refractivity contribution in [3.63, 3.8) is 0 Å². The lowest BCUT2D eigenvalue weighted by Crippen LogP contribution is -2.38. The molecular formula is C33H33N3O6S. The zero-order valence-corrected chi connectivity index (χ0v) is 24.4. The third-order valence-corrected chi connectivity index (χ3v) is 8.32. The topological polar surface area (TPSA) is 130 Å². The number of carboxylic acids is 1. The number of aromatic carboxylic acids is 1. The van der Waals surface area contributed by atoms with Gasteiger partial charge in [-0.3, -0.25) is 0 Å². The summed E-state index contributed by atoms with van der Waals surface area (Å²) < 4.78 is 13.0. The minimum Gasteiger partial charge on any atom is -0.478 e. The Morgan fingerprint density at radius 1 is 0.907 bits per heavy atom. The molecule has 4 atom stereocenters. The van der Waals surface area contributed by atoms with Gasteiger partial charge in [-0.2, -0.15) is 0 Å². The maximum Gasteiger partial charge on any atom is 0.338 e. The minimum absolute atomic E-state index is 0.0545. The molecular weight excluding hydrogens is 566 g/mol. The molecule has 5 rings (SSSR count). The number of hydrogen-bond donors (Lipinski definition) is 4. The number of amides is 2. The number of carboxylic acid groups (broad SMARTS) is 1. The van der Waals surface area contributed by atoms with Crippen LogP contribution in [-0.2, 0) is 22.6 Å². The molecule has 10 heteroatoms. The molecule has 9 nitrogen and oxygen atoms in total. The fourth-order valence-electron chi connectivity index (χ4n) is 4.86. The van der Waals surface area contributed by atoms with Gasteiger partial charge in [-0.05, 0) is 41.0 Å². The van der Waals surface area contributed by atoms with Crippen LogP contribution in [0.4, 0.5) is 10.5 Å². The van der Waals surface area contributed by atoms with E-state index in [1.54, 1.807) is 18.3 Å². The van der Waals surface area contributed by atoms with E-state index in [4.69, 9.17) is 9.47 Å². The number of carbonyl (C=O) groups is 2. The van der Waals surface area contributed by atoms with E-state index >= 15 is 0 Å². The number of hydrogen-bond acceptors (Lipinski definition) is 7. The van der Waals surface area contributed by atoms with E-state index in [9.17, 15) is 19.8 Å². The average molecular weight is 600 g/mol. The van der Waals surface area contributed by atoms with Crippen molar-refractivity contribution >= 4 is 29.4 Å². The molecule has 0 radical (unpaired) electrons. The number of anilines is 1. The molecule has 0 aliphatic carbocycles. The lowest BCUT2D eigenvalue weighted by Gasteiger charge is -2.41. The largest absolute Gasteiger partial charge is 0.478 e. The van der Waals surface area contributed by atoms with Crippen LogP contribution in [0.25, 0.3) is 0 Å². The Hall–Kier alpha value is -4.22. The quantitative estimate of drug-likeness (QED) is 0.159. The summed E-state index contributed by atoms with van der Waals surface area (Å²) in [5.74, 6) is -0.678. The number of thioether (sulfide) groups is 1. The number of aliphatic hydroxyl groups excluding tert-OH is 1. The van der Waals surface area contributed by atoms with Crippen molar-refractivity contribution < 1.29 is 29.3 Å². The van der Waals surface area contributed by atoms with Crippen molar-refractivity contribution in [2.24, 2.45) is 5.92 Å². The first kappa shape index (κ1) is 30.2. The molecule has 222 valence electrons. The summed E-state index contributed by atoms with van der Waals surface area (Å²) in [5.41, 5.74) is 4.18. The summed E-state index contributed by atoms with van der Waals surface area (Å²) in [4.78, 5) is 28.6. The van der Waals surface area contributed by atoms with Crippen LogP contribution in [0.2, 0.25) is 0 Å². The van der Waals surface area contributed by atoms with Crippen LogP contribution in [0.5, 0.6) is 0 Å². The van der Waals surface area contributed by atoms with Crippen LogP contribution in [0, 0.1) is 5.92 Å². The zero-order chi connectivity index (χ0) is 30.2. The van der Waals surface area contributed by atoms with E-state index in [0.29, 0.717) is 23.0 Å². The molecule has 1 saturated heterocycles. The van der Waals surface area contributed by atoms with E-state index in [0.717, 1.165) is 22.3 Å². The van der Waals surface area contributed by atoms with Crippen molar-refractivity contribution in [1.82, 2.24) is 10.3 Å². The zero-order valence-electron chi connectivity index (χ0n) is 23.6. The number of pyridine rings is 1. The summed E-state index contributed by atoms with van der Waals surface area (Å²) in [7, 11) is 0. The number of urea groups is 1. The second kappa shape index (κ2) is 14.3. The number of aliphatic hydroxyl groups is 1. The highest BCUT2D eigenvalue weighted by atomic mass is 32.2. The molecule has 4 N–H and O–H groups in total. The van der Waals surface area contributed by atoms with E-state index in [-0.39, 0.29) is 36.3 Å². The molecule has 1 aliphatic rings. The van der Waals surface area contributed by atoms with Crippen LogP contribution in [0.15, 0.2) is 102 Å². The SMILES string of the molecule is C[C@@H]1[C@H](CSc2ncccc2C(=O)O)O[C@H](c2cccc(NC(=O)NCc3ccccc3)c2)O[C@@H]1c1ccc(CO)cc1. The van der Waals surface area contributed by atoms with Gasteiger partial charge in [0.15, 0.2) is 6.29 Å². The van der Waals surface area contributed by atoms with Crippen LogP contribution >= 0.6 is 11.8 Å². The van der Waals surface area contributed by atoms with Crippen LogP contribution in [0.1, 0.15) is 51.9 Å². The van der Waals surface area contributed by atoms with Crippen molar-refractivity contribution in [2.75, 3.05) is 11.1 Å². The van der Waals surface area contributed by atoms with Crippen molar-refractivity contribution in [3.8, 4) is 0 Å². The van der Waals surface area contributed by atoms with Gasteiger partial charge in [0, 0.05) is 35.7 Å². The Morgan fingerprint density at radius 3 is 2.44 bits per heavy atom. The third kappa shape index (κ3) is 7.79. The molecule has 1 aliphatic heterocycles. The van der Waals surface area contributed by atoms with E-state index < -0.39 is 12.3 Å². The summed E-state index contributed by atoms with van der Waals surface area (Å²) in [6, 6.07) is 27.4. The van der Waals surface area contributed by atoms with E-state index in [1.165, 1.54) is 17.8 Å². The predicted octanol–water partition coefficient (Wildman–Crippen LogP) is 6.18. The molecule has 2 amide bonds. The molecule has 3 aromatic carbocycles. The second-order valence-electron chi connectivity index (χ2n) is 10.2. The van der Waals surface area contributed by atoms with E-state index in [1.807, 2.05) is 79.7 Å². The molecule has 4 aromatic rings. The van der Waals surface area contributed by atoms with Gasteiger partial charge in [0.05, 0.1) is 24.4 Å². The Morgan fingerprint density at radius 2 is 1.70 bits per heavy atom. The van der Waals surface area contributed by atoms with Gasteiger partial charge in [-0.25, -0.2) is 14.6 Å². The van der Waals surface area contributed by atoms with Crippen LogP contribution in [0.3, 0.4) is 0 Å². The molecule has 0 unspecified atom stereocenters. The maximum absolute atomic E-state index is 12.6. The normalized spacial score (nSPS) is 19.9. The average Bonchev–Trinajstić information content (AvgIpc) is 3.04. The summed E-state index contributed by atoms with van der Waals surface area (Å²) in [6.45, 7) is 2.38. The minimum atomic E-state index is -1.03. The van der Waals surface area contributed by atoms with Gasteiger partial charge in [0.2, 0.25) is 0 Å². The van der Waals surface area contributed by atoms with Crippen molar-refractivity contribution in [3.05, 3.63) is 125 Å². The maximum atomic E-state index is 12.6. The number of rotatable bonds is 10. The summed E-state index contributed by atoms with van der Waals surface area (Å²) >= 11 is 1.33. The van der Waals surface area contributed by atoms with Gasteiger partial charge in [-0.1, -0.05) is 73.7 Å². The summed E-state index contributed by atoms with van der Waals surface area (Å²) in [5, 5.41) is 25.3. The van der Waals surface area contributed by atoms with Crippen molar-refractivity contribution in [1.29, 1.82) is 0 Å². The van der Waals surface area contributed by atoms with Gasteiger partial charge in [0.25, 0.3) is 0 Å². The highest BCUT2D eigenvalue weighted by molar-refractivity contribution is 7.99. The predicted molar refractivity (Wildman–Crippen MR) is 164 cm³/mol. The van der Waals surface area contributed by atoms with Gasteiger partial charge < -0.3 is 30.3 Å². The second-order valence-corrected chi connectivity index (χ2v) is 11.2. The Bertz CT molecular complexity index is 1540. The van der Waals surface area contributed by atoms with Gasteiger partial charge >= 0.3 is 12.0 Å². The molecule has 0 bridgehead atoms. The fraction of sp³-hybridized carbons (Fsp3) is 0.242. The molecule has 1 fully saturated rings. The van der Waals surface area contributed by atoms with Crippen LogP contribution < -0.4 is 10.6 Å². The lowest BCUT2D eigenvalue weighted by molar-refractivity contribution is -0.268. The fourth-order valence-corrected chi connectivity index (χ4v) is 6.01. The Balaban J connectivity index is 1.34. The number of nitrogens with zero attached hydrogens (tertiary/aromatic N) is 1. The first-order valence-corrected chi connectivity index (χ1v) is 14.9. The van der Waals surface area contributed by atoms with E-state index in [2.05, 4.69) is 15.6 Å².